The maximum absolute atomic E-state index is 14.1. The Hall–Kier alpha value is -3.22. The number of aliphatic hydroxyl groups is 1. The highest BCUT2D eigenvalue weighted by Crippen LogP contribution is 2.29. The van der Waals surface area contributed by atoms with Gasteiger partial charge in [-0.1, -0.05) is 6.92 Å². The summed E-state index contributed by atoms with van der Waals surface area (Å²) in [4.78, 5) is 34.2. The van der Waals surface area contributed by atoms with Crippen LogP contribution in [-0.4, -0.2) is 89.5 Å². The minimum absolute atomic E-state index is 0.121. The Labute approximate surface area is 257 Å². The first kappa shape index (κ1) is 35.3. The zero-order valence-electron chi connectivity index (χ0n) is 26.0. The SMILES string of the molecule is C[C@@H]1CN([C@@H](C)CO)C(=O)c2cc(NC(=O)CCC(F)(F)F)ccc2O[C@@H](C)CCCCO[C@H]1CN(C)Cc1ccncc1. The summed E-state index contributed by atoms with van der Waals surface area (Å²) in [6.07, 6.45) is -0.977. The number of aliphatic hydroxyl groups excluding tert-OH is 1. The maximum atomic E-state index is 14.1. The van der Waals surface area contributed by atoms with E-state index in [4.69, 9.17) is 9.47 Å². The van der Waals surface area contributed by atoms with Gasteiger partial charge in [0.2, 0.25) is 5.91 Å². The Balaban J connectivity index is 1.89. The Morgan fingerprint density at radius 1 is 1.20 bits per heavy atom. The lowest BCUT2D eigenvalue weighted by Crippen LogP contribution is -2.47. The summed E-state index contributed by atoms with van der Waals surface area (Å²) < 4.78 is 50.5. The number of amides is 2. The normalized spacial score (nSPS) is 21.2. The van der Waals surface area contributed by atoms with Crippen molar-refractivity contribution in [2.75, 3.05) is 38.7 Å². The molecule has 0 radical (unpaired) electrons. The van der Waals surface area contributed by atoms with E-state index in [1.54, 1.807) is 30.3 Å². The molecule has 0 unspecified atom stereocenters. The number of hydrogen-bond acceptors (Lipinski definition) is 7. The third-order valence-electron chi connectivity index (χ3n) is 7.66. The predicted octanol–water partition coefficient (Wildman–Crippen LogP) is 5.29. The number of alkyl halides is 3. The molecular formula is C32H45F3N4O5. The third-order valence-corrected chi connectivity index (χ3v) is 7.66. The topological polar surface area (TPSA) is 104 Å². The van der Waals surface area contributed by atoms with Crippen molar-refractivity contribution in [1.29, 1.82) is 0 Å². The second-order valence-electron chi connectivity index (χ2n) is 11.7. The number of halogens is 3. The average molecular weight is 623 g/mol. The van der Waals surface area contributed by atoms with Gasteiger partial charge in [0.15, 0.2) is 0 Å². The van der Waals surface area contributed by atoms with E-state index in [-0.39, 0.29) is 42.5 Å². The molecule has 1 aromatic heterocycles. The molecule has 2 amide bonds. The lowest BCUT2D eigenvalue weighted by molar-refractivity contribution is -0.142. The van der Waals surface area contributed by atoms with Crippen LogP contribution in [0.5, 0.6) is 5.75 Å². The van der Waals surface area contributed by atoms with E-state index in [1.807, 2.05) is 33.0 Å². The molecule has 4 atom stereocenters. The molecule has 0 saturated carbocycles. The van der Waals surface area contributed by atoms with Gasteiger partial charge in [0.25, 0.3) is 5.91 Å². The smallest absolute Gasteiger partial charge is 0.389 e. The zero-order chi connectivity index (χ0) is 32.3. The van der Waals surface area contributed by atoms with E-state index in [2.05, 4.69) is 15.2 Å². The minimum atomic E-state index is -4.46. The van der Waals surface area contributed by atoms with Crippen LogP contribution >= 0.6 is 0 Å². The Morgan fingerprint density at radius 3 is 2.61 bits per heavy atom. The molecule has 1 aliphatic rings. The molecule has 2 aromatic rings. The highest BCUT2D eigenvalue weighted by atomic mass is 19.4. The second kappa shape index (κ2) is 16.7. The molecule has 0 bridgehead atoms. The average Bonchev–Trinajstić information content (AvgIpc) is 2.97. The summed E-state index contributed by atoms with van der Waals surface area (Å²) in [5, 5.41) is 12.6. The number of fused-ring (bicyclic) bond motifs is 1. The summed E-state index contributed by atoms with van der Waals surface area (Å²) >= 11 is 0. The van der Waals surface area contributed by atoms with Gasteiger partial charge in [0.1, 0.15) is 5.75 Å². The molecule has 244 valence electrons. The van der Waals surface area contributed by atoms with Gasteiger partial charge in [-0.25, -0.2) is 0 Å². The van der Waals surface area contributed by atoms with Crippen LogP contribution in [0.15, 0.2) is 42.7 Å². The Morgan fingerprint density at radius 2 is 1.93 bits per heavy atom. The standard InChI is InChI=1S/C32H45F3N4O5/c1-22-18-39(23(2)21-40)31(42)27-17-26(37-30(41)10-13-32(33,34)35)8-9-28(27)44-24(3)7-5-6-16-43-29(22)20-38(4)19-25-11-14-36-15-12-25/h8-9,11-12,14-15,17,22-24,29,40H,5-7,10,13,16,18-21H2,1-4H3,(H,37,41)/t22-,23+,24+,29+/m1/s1. The molecule has 3 rings (SSSR count). The third kappa shape index (κ3) is 11.4. The number of hydrogen-bond donors (Lipinski definition) is 2. The second-order valence-corrected chi connectivity index (χ2v) is 11.7. The summed E-state index contributed by atoms with van der Waals surface area (Å²) in [6.45, 7) is 7.51. The molecule has 12 heteroatoms. The lowest BCUT2D eigenvalue weighted by atomic mass is 10.0. The molecule has 0 spiro atoms. The van der Waals surface area contributed by atoms with Crippen LogP contribution in [0.4, 0.5) is 18.9 Å². The van der Waals surface area contributed by atoms with Crippen LogP contribution in [0.3, 0.4) is 0 Å². The Kier molecular flexibility index (Phi) is 13.4. The number of nitrogens with zero attached hydrogens (tertiary/aromatic N) is 3. The summed E-state index contributed by atoms with van der Waals surface area (Å²) in [7, 11) is 2.01. The first-order valence-corrected chi connectivity index (χ1v) is 15.1. The van der Waals surface area contributed by atoms with E-state index < -0.39 is 36.9 Å². The summed E-state index contributed by atoms with van der Waals surface area (Å²) in [5.74, 6) is -1.05. The van der Waals surface area contributed by atoms with E-state index in [1.165, 1.54) is 12.1 Å². The first-order valence-electron chi connectivity index (χ1n) is 15.1. The van der Waals surface area contributed by atoms with Crippen molar-refractivity contribution in [3.63, 3.8) is 0 Å². The van der Waals surface area contributed by atoms with Crippen LogP contribution < -0.4 is 10.1 Å². The van der Waals surface area contributed by atoms with Crippen LogP contribution in [0.25, 0.3) is 0 Å². The van der Waals surface area contributed by atoms with Gasteiger partial charge in [-0.15, -0.1) is 0 Å². The lowest BCUT2D eigenvalue weighted by Gasteiger charge is -2.36. The van der Waals surface area contributed by atoms with Gasteiger partial charge in [-0.3, -0.25) is 19.5 Å². The molecule has 9 nitrogen and oxygen atoms in total. The number of nitrogens with one attached hydrogen (secondary N) is 1. The fraction of sp³-hybridized carbons (Fsp3) is 0.594. The first-order chi connectivity index (χ1) is 20.9. The Bertz CT molecular complexity index is 1200. The monoisotopic (exact) mass is 622 g/mol. The number of aromatic nitrogens is 1. The van der Waals surface area contributed by atoms with Gasteiger partial charge >= 0.3 is 6.18 Å². The predicted molar refractivity (Wildman–Crippen MR) is 161 cm³/mol. The van der Waals surface area contributed by atoms with Gasteiger partial charge in [0, 0.05) is 56.7 Å². The highest BCUT2D eigenvalue weighted by molar-refractivity contribution is 5.99. The van der Waals surface area contributed by atoms with Gasteiger partial charge in [-0.05, 0) is 76.1 Å². The molecular weight excluding hydrogens is 577 g/mol. The van der Waals surface area contributed by atoms with Crippen LogP contribution in [-0.2, 0) is 16.1 Å². The van der Waals surface area contributed by atoms with E-state index >= 15 is 0 Å². The van der Waals surface area contributed by atoms with Gasteiger partial charge < -0.3 is 24.8 Å². The molecule has 0 saturated heterocycles. The largest absolute Gasteiger partial charge is 0.490 e. The number of carbonyl (C=O) groups excluding carboxylic acids is 2. The maximum Gasteiger partial charge on any atom is 0.389 e. The summed E-state index contributed by atoms with van der Waals surface area (Å²) in [5.41, 5.74) is 1.46. The fourth-order valence-electron chi connectivity index (χ4n) is 5.11. The molecule has 0 aliphatic carbocycles. The zero-order valence-corrected chi connectivity index (χ0v) is 26.0. The van der Waals surface area contributed by atoms with Crippen molar-refractivity contribution in [2.24, 2.45) is 5.92 Å². The number of benzene rings is 1. The molecule has 2 heterocycles. The minimum Gasteiger partial charge on any atom is -0.490 e. The number of pyridine rings is 1. The van der Waals surface area contributed by atoms with Crippen molar-refractivity contribution < 1.29 is 37.3 Å². The van der Waals surface area contributed by atoms with Crippen molar-refractivity contribution in [3.05, 3.63) is 53.9 Å². The number of ether oxygens (including phenoxy) is 2. The number of anilines is 1. The van der Waals surface area contributed by atoms with Crippen molar-refractivity contribution in [2.45, 2.75) is 83.8 Å². The quantitative estimate of drug-likeness (QED) is 0.392. The van der Waals surface area contributed by atoms with E-state index in [0.29, 0.717) is 31.9 Å². The molecule has 1 aromatic carbocycles. The van der Waals surface area contributed by atoms with Crippen molar-refractivity contribution >= 4 is 17.5 Å². The van der Waals surface area contributed by atoms with Crippen LogP contribution in [0.2, 0.25) is 0 Å². The van der Waals surface area contributed by atoms with Crippen molar-refractivity contribution in [3.8, 4) is 5.75 Å². The highest BCUT2D eigenvalue weighted by Gasteiger charge is 2.31. The van der Waals surface area contributed by atoms with E-state index in [9.17, 15) is 27.9 Å². The van der Waals surface area contributed by atoms with Gasteiger partial charge in [-0.2, -0.15) is 13.2 Å². The molecule has 1 aliphatic heterocycles. The number of rotatable bonds is 9. The molecule has 44 heavy (non-hydrogen) atoms. The summed E-state index contributed by atoms with van der Waals surface area (Å²) in [6, 6.07) is 7.87. The van der Waals surface area contributed by atoms with Crippen LogP contribution in [0, 0.1) is 5.92 Å². The van der Waals surface area contributed by atoms with Crippen molar-refractivity contribution in [1.82, 2.24) is 14.8 Å². The van der Waals surface area contributed by atoms with Crippen LogP contribution in [0.1, 0.15) is 68.8 Å². The molecule has 2 N–H and O–H groups in total. The fourth-order valence-corrected chi connectivity index (χ4v) is 5.11. The number of carbonyl (C=O) groups is 2. The number of likely N-dealkylation sites (N-methyl/N-ethyl adjacent to an activating group) is 1. The molecule has 0 fully saturated rings. The van der Waals surface area contributed by atoms with E-state index in [0.717, 1.165) is 18.4 Å². The van der Waals surface area contributed by atoms with Gasteiger partial charge in [0.05, 0.1) is 36.8 Å².